The van der Waals surface area contributed by atoms with Crippen LogP contribution in [0.1, 0.15) is 29.8 Å². The van der Waals surface area contributed by atoms with E-state index in [2.05, 4.69) is 20.2 Å². The van der Waals surface area contributed by atoms with Gasteiger partial charge >= 0.3 is 11.5 Å². The van der Waals surface area contributed by atoms with Gasteiger partial charge in [-0.3, -0.25) is 4.90 Å². The summed E-state index contributed by atoms with van der Waals surface area (Å²) in [5.41, 5.74) is -1.25. The van der Waals surface area contributed by atoms with Crippen molar-refractivity contribution in [3.05, 3.63) is 65.5 Å². The number of carbonyl (C=O) groups is 1. The summed E-state index contributed by atoms with van der Waals surface area (Å²) in [5, 5.41) is 2.97. The number of nitrogens with zero attached hydrogens (tertiary/aromatic N) is 3. The van der Waals surface area contributed by atoms with Gasteiger partial charge in [-0.05, 0) is 55.7 Å². The number of para-hydroxylation sites is 1. The zero-order valence-corrected chi connectivity index (χ0v) is 20.9. The summed E-state index contributed by atoms with van der Waals surface area (Å²) in [6, 6.07) is 12.4. The Morgan fingerprint density at radius 3 is 2.41 bits per heavy atom. The van der Waals surface area contributed by atoms with Gasteiger partial charge in [0.25, 0.3) is 9.84 Å². The number of halogens is 3. The Balaban J connectivity index is 1.21. The summed E-state index contributed by atoms with van der Waals surface area (Å²) in [6.45, 7) is 4.64. The maximum Gasteiger partial charge on any atom is 0.501 e. The number of amides is 2. The number of imidazole rings is 1. The van der Waals surface area contributed by atoms with E-state index in [0.29, 0.717) is 24.5 Å². The van der Waals surface area contributed by atoms with Crippen molar-refractivity contribution in [2.24, 2.45) is 0 Å². The number of H-pyrrole nitrogens is 1. The number of piperidine rings is 1. The largest absolute Gasteiger partial charge is 0.501 e. The van der Waals surface area contributed by atoms with Gasteiger partial charge in [0.15, 0.2) is 0 Å². The first-order valence-corrected chi connectivity index (χ1v) is 13.4. The zero-order valence-electron chi connectivity index (χ0n) is 20.0. The van der Waals surface area contributed by atoms with Gasteiger partial charge in [0.05, 0.1) is 10.6 Å². The maximum atomic E-state index is 12.8. The summed E-state index contributed by atoms with van der Waals surface area (Å²) in [7, 11) is -5.39. The number of carbonyl (C=O) groups excluding carboxylic acids is 1. The first kappa shape index (κ1) is 25.3. The molecule has 37 heavy (non-hydrogen) atoms. The Kier molecular flexibility index (Phi) is 6.48. The highest BCUT2D eigenvalue weighted by Crippen LogP contribution is 2.32. The van der Waals surface area contributed by atoms with E-state index in [0.717, 1.165) is 60.7 Å². The van der Waals surface area contributed by atoms with Crippen LogP contribution in [-0.2, 0) is 22.9 Å². The lowest BCUT2D eigenvalue weighted by molar-refractivity contribution is -0.0436. The molecule has 0 bridgehead atoms. The van der Waals surface area contributed by atoms with Crippen LogP contribution in [0.5, 0.6) is 0 Å². The van der Waals surface area contributed by atoms with E-state index in [-0.39, 0.29) is 12.1 Å². The third kappa shape index (κ3) is 4.95. The van der Waals surface area contributed by atoms with Crippen molar-refractivity contribution in [1.82, 2.24) is 19.8 Å². The third-order valence-corrected chi connectivity index (χ3v) is 8.46. The molecule has 1 fully saturated rings. The van der Waals surface area contributed by atoms with Gasteiger partial charge in [0, 0.05) is 49.2 Å². The number of aromatic nitrogens is 2. The van der Waals surface area contributed by atoms with Crippen LogP contribution < -0.4 is 5.32 Å². The van der Waals surface area contributed by atoms with Crippen LogP contribution in [-0.4, -0.2) is 58.9 Å². The van der Waals surface area contributed by atoms with Crippen LogP contribution in [0.25, 0.3) is 11.4 Å². The highest BCUT2D eigenvalue weighted by molar-refractivity contribution is 7.92. The van der Waals surface area contributed by atoms with Gasteiger partial charge in [0.2, 0.25) is 0 Å². The third-order valence-electron chi connectivity index (χ3n) is 6.96. The van der Waals surface area contributed by atoms with Crippen molar-refractivity contribution in [3.8, 4) is 11.4 Å². The highest BCUT2D eigenvalue weighted by Gasteiger charge is 2.46. The van der Waals surface area contributed by atoms with Crippen molar-refractivity contribution in [1.29, 1.82) is 0 Å². The molecule has 5 rings (SSSR count). The normalized spacial score (nSPS) is 17.5. The predicted octanol–water partition coefficient (Wildman–Crippen LogP) is 4.69. The molecule has 12 heteroatoms. The second-order valence-electron chi connectivity index (χ2n) is 9.35. The second-order valence-corrected chi connectivity index (χ2v) is 11.3. The van der Waals surface area contributed by atoms with Crippen LogP contribution in [0.4, 0.5) is 23.7 Å². The number of hydrogen-bond donors (Lipinski definition) is 2. The molecule has 3 heterocycles. The van der Waals surface area contributed by atoms with Crippen LogP contribution in [0, 0.1) is 6.92 Å². The lowest BCUT2D eigenvalue weighted by Gasteiger charge is -2.40. The molecule has 1 aromatic heterocycles. The van der Waals surface area contributed by atoms with E-state index in [1.54, 1.807) is 0 Å². The summed E-state index contributed by atoms with van der Waals surface area (Å²) >= 11 is 0. The molecule has 2 N–H and O–H groups in total. The molecular formula is C25H26F3N5O3S. The lowest BCUT2D eigenvalue weighted by Crippen LogP contribution is -2.50. The summed E-state index contributed by atoms with van der Waals surface area (Å²) in [6.07, 6.45) is 1.67. The predicted molar refractivity (Wildman–Crippen MR) is 131 cm³/mol. The summed E-state index contributed by atoms with van der Waals surface area (Å²) < 4.78 is 61.6. The number of urea groups is 1. The van der Waals surface area contributed by atoms with Crippen LogP contribution in [0.3, 0.4) is 0 Å². The molecule has 2 amide bonds. The second kappa shape index (κ2) is 9.49. The Hall–Kier alpha value is -3.38. The molecule has 2 aromatic carbocycles. The highest BCUT2D eigenvalue weighted by atomic mass is 32.2. The lowest BCUT2D eigenvalue weighted by atomic mass is 10.0. The first-order chi connectivity index (χ1) is 17.5. The number of rotatable bonds is 5. The minimum absolute atomic E-state index is 0.0704. The summed E-state index contributed by atoms with van der Waals surface area (Å²) in [5.74, 6) is 0.460. The van der Waals surface area contributed by atoms with Crippen LogP contribution in [0.15, 0.2) is 53.4 Å². The Labute approximate surface area is 212 Å². The number of anilines is 1. The van der Waals surface area contributed by atoms with Crippen molar-refractivity contribution in [2.45, 2.75) is 49.3 Å². The van der Waals surface area contributed by atoms with E-state index in [1.165, 1.54) is 12.1 Å². The molecule has 2 aliphatic heterocycles. The smallest absolute Gasteiger partial charge is 0.342 e. The van der Waals surface area contributed by atoms with Crippen molar-refractivity contribution < 1.29 is 26.4 Å². The molecule has 0 radical (unpaired) electrons. The van der Waals surface area contributed by atoms with E-state index in [9.17, 15) is 26.4 Å². The average Bonchev–Trinajstić information content (AvgIpc) is 3.23. The average molecular weight is 534 g/mol. The molecule has 0 saturated carbocycles. The minimum atomic E-state index is -5.39. The monoisotopic (exact) mass is 533 g/mol. The van der Waals surface area contributed by atoms with Gasteiger partial charge in [-0.2, -0.15) is 13.2 Å². The van der Waals surface area contributed by atoms with Crippen molar-refractivity contribution in [3.63, 3.8) is 0 Å². The maximum absolute atomic E-state index is 12.8. The molecule has 3 aromatic rings. The Morgan fingerprint density at radius 1 is 1.05 bits per heavy atom. The molecule has 0 spiro atoms. The molecule has 0 aliphatic carbocycles. The number of alkyl halides is 3. The number of hydrogen-bond acceptors (Lipinski definition) is 5. The summed E-state index contributed by atoms with van der Waals surface area (Å²) in [4.78, 5) is 23.8. The van der Waals surface area contributed by atoms with Crippen molar-refractivity contribution in [2.75, 3.05) is 18.4 Å². The number of fused-ring (bicyclic) bond motifs is 1. The van der Waals surface area contributed by atoms with Crippen LogP contribution in [0.2, 0.25) is 0 Å². The topological polar surface area (TPSA) is 98.4 Å². The van der Waals surface area contributed by atoms with Crippen LogP contribution >= 0.6 is 0 Å². The number of aryl methyl sites for hydroxylation is 1. The van der Waals surface area contributed by atoms with E-state index < -0.39 is 20.2 Å². The molecular weight excluding hydrogens is 507 g/mol. The Morgan fingerprint density at radius 2 is 1.73 bits per heavy atom. The standard InChI is InChI=1S/C25H26F3N5O3S/c1-16-22(30-23(29-16)17-6-8-20(9-7-17)37(35,36)25(26,27)28)15-32-12-10-19(11-13-32)33-14-18-4-2-3-5-21(18)31-24(33)34/h2-9,19H,10-15H2,1H3,(H,29,30)(H,31,34). The Bertz CT molecular complexity index is 1410. The minimum Gasteiger partial charge on any atom is -0.342 e. The molecule has 2 aliphatic rings. The van der Waals surface area contributed by atoms with Gasteiger partial charge in [-0.25, -0.2) is 18.2 Å². The van der Waals surface area contributed by atoms with E-state index in [1.807, 2.05) is 36.1 Å². The van der Waals surface area contributed by atoms with E-state index >= 15 is 0 Å². The quantitative estimate of drug-likeness (QED) is 0.496. The number of benzene rings is 2. The first-order valence-electron chi connectivity index (χ1n) is 11.9. The SMILES string of the molecule is Cc1[nH]c(-c2ccc(S(=O)(=O)C(F)(F)F)cc2)nc1CN1CCC(N2Cc3ccccc3NC2=O)CC1. The molecule has 0 unspecified atom stereocenters. The van der Waals surface area contributed by atoms with Gasteiger partial charge in [-0.15, -0.1) is 0 Å². The van der Waals surface area contributed by atoms with E-state index in [4.69, 9.17) is 0 Å². The van der Waals surface area contributed by atoms with Gasteiger partial charge < -0.3 is 15.2 Å². The molecule has 196 valence electrons. The molecule has 0 atom stereocenters. The fourth-order valence-electron chi connectivity index (χ4n) is 4.83. The van der Waals surface area contributed by atoms with Gasteiger partial charge in [0.1, 0.15) is 5.82 Å². The van der Waals surface area contributed by atoms with Gasteiger partial charge in [-0.1, -0.05) is 18.2 Å². The number of aromatic amines is 1. The number of sulfone groups is 1. The molecule has 8 nitrogen and oxygen atoms in total. The fraction of sp³-hybridized carbons (Fsp3) is 0.360. The molecule has 1 saturated heterocycles. The number of likely N-dealkylation sites (tertiary alicyclic amines) is 1. The zero-order chi connectivity index (χ0) is 26.4. The fourth-order valence-corrected chi connectivity index (χ4v) is 5.59. The van der Waals surface area contributed by atoms with Crippen molar-refractivity contribution >= 4 is 21.6 Å². The number of nitrogens with one attached hydrogen (secondary N) is 2.